The summed E-state index contributed by atoms with van der Waals surface area (Å²) in [5, 5.41) is 3.52. The van der Waals surface area contributed by atoms with Crippen LogP contribution < -0.4 is 5.32 Å². The second-order valence-corrected chi connectivity index (χ2v) is 4.45. The van der Waals surface area contributed by atoms with Crippen molar-refractivity contribution in [2.45, 2.75) is 53.2 Å². The number of nitrogens with zero attached hydrogens (tertiary/aromatic N) is 1. The lowest BCUT2D eigenvalue weighted by molar-refractivity contribution is 0.551. The molecule has 1 unspecified atom stereocenters. The topological polar surface area (TPSA) is 17.0 Å². The van der Waals surface area contributed by atoms with E-state index in [4.69, 9.17) is 0 Å². The lowest BCUT2D eigenvalue weighted by atomic mass is 10.2. The lowest BCUT2D eigenvalue weighted by Gasteiger charge is -2.11. The van der Waals surface area contributed by atoms with Crippen LogP contribution in [-0.4, -0.2) is 10.6 Å². The maximum absolute atomic E-state index is 3.76. The highest BCUT2D eigenvalue weighted by Gasteiger charge is 2.08. The van der Waals surface area contributed by atoms with E-state index in [0.717, 1.165) is 19.5 Å². The second-order valence-electron chi connectivity index (χ2n) is 4.45. The summed E-state index contributed by atoms with van der Waals surface area (Å²) in [7, 11) is 0. The summed E-state index contributed by atoms with van der Waals surface area (Å²) in [5.41, 5.74) is 4.15. The Kier molecular flexibility index (Phi) is 4.81. The van der Waals surface area contributed by atoms with E-state index >= 15 is 0 Å². The largest absolute Gasteiger partial charge is 0.349 e. The Balaban J connectivity index is 2.64. The van der Waals surface area contributed by atoms with Gasteiger partial charge < -0.3 is 9.88 Å². The van der Waals surface area contributed by atoms with Crippen LogP contribution in [0.1, 0.15) is 37.2 Å². The maximum atomic E-state index is 3.76. The average Bonchev–Trinajstić information content (AvgIpc) is 2.51. The lowest BCUT2D eigenvalue weighted by Crippen LogP contribution is -2.24. The van der Waals surface area contributed by atoms with Gasteiger partial charge in [0, 0.05) is 30.5 Å². The molecule has 0 saturated heterocycles. The van der Waals surface area contributed by atoms with E-state index in [9.17, 15) is 0 Å². The van der Waals surface area contributed by atoms with Crippen LogP contribution in [-0.2, 0) is 13.1 Å². The molecule has 0 aromatic carbocycles. The molecule has 90 valence electrons. The molecule has 0 fully saturated rings. The molecule has 1 heterocycles. The monoisotopic (exact) mass is 220 g/mol. The van der Waals surface area contributed by atoms with Crippen LogP contribution in [0.4, 0.5) is 0 Å². The molecule has 1 N–H and O–H groups in total. The molecule has 0 aliphatic carbocycles. The smallest absolute Gasteiger partial charge is 0.0225 e. The summed E-state index contributed by atoms with van der Waals surface area (Å²) in [6.45, 7) is 14.5. The highest BCUT2D eigenvalue weighted by molar-refractivity contribution is 5.26. The number of nitrogens with one attached hydrogen (secondary N) is 1. The molecule has 1 atom stereocenters. The van der Waals surface area contributed by atoms with Gasteiger partial charge in [-0.15, -0.1) is 6.58 Å². The van der Waals surface area contributed by atoms with Crippen molar-refractivity contribution in [2.24, 2.45) is 0 Å². The van der Waals surface area contributed by atoms with Gasteiger partial charge in [0.05, 0.1) is 0 Å². The molecule has 1 aromatic heterocycles. The highest BCUT2D eigenvalue weighted by Crippen LogP contribution is 2.14. The minimum absolute atomic E-state index is 0.502. The van der Waals surface area contributed by atoms with Gasteiger partial charge in [-0.3, -0.25) is 0 Å². The van der Waals surface area contributed by atoms with Gasteiger partial charge in [0.2, 0.25) is 0 Å². The fourth-order valence-electron chi connectivity index (χ4n) is 2.16. The summed E-state index contributed by atoms with van der Waals surface area (Å²) in [4.78, 5) is 0. The quantitative estimate of drug-likeness (QED) is 0.729. The van der Waals surface area contributed by atoms with Crippen LogP contribution >= 0.6 is 0 Å². The minimum Gasteiger partial charge on any atom is -0.349 e. The molecule has 0 spiro atoms. The summed E-state index contributed by atoms with van der Waals surface area (Å²) < 4.78 is 2.36. The number of hydrogen-bond donors (Lipinski definition) is 1. The molecule has 1 aromatic rings. The van der Waals surface area contributed by atoms with Crippen molar-refractivity contribution >= 4 is 0 Å². The molecule has 0 saturated carbocycles. The molecule has 16 heavy (non-hydrogen) atoms. The number of rotatable bonds is 6. The molecule has 0 radical (unpaired) electrons. The predicted molar refractivity (Wildman–Crippen MR) is 70.7 cm³/mol. The van der Waals surface area contributed by atoms with E-state index in [1.165, 1.54) is 17.0 Å². The van der Waals surface area contributed by atoms with Gasteiger partial charge in [0.1, 0.15) is 0 Å². The number of aromatic nitrogens is 1. The highest BCUT2D eigenvalue weighted by atomic mass is 15.0. The second kappa shape index (κ2) is 5.90. The first kappa shape index (κ1) is 13.0. The van der Waals surface area contributed by atoms with Gasteiger partial charge in [0.25, 0.3) is 0 Å². The van der Waals surface area contributed by atoms with E-state index in [1.54, 1.807) is 0 Å². The van der Waals surface area contributed by atoms with Crippen molar-refractivity contribution in [2.75, 3.05) is 0 Å². The van der Waals surface area contributed by atoms with E-state index in [0.29, 0.717) is 6.04 Å². The first-order chi connectivity index (χ1) is 7.60. The molecule has 1 rings (SSSR count). The van der Waals surface area contributed by atoms with E-state index < -0.39 is 0 Å². The van der Waals surface area contributed by atoms with E-state index in [-0.39, 0.29) is 0 Å². The summed E-state index contributed by atoms with van der Waals surface area (Å²) in [6, 6.07) is 2.79. The Hall–Kier alpha value is -1.02. The number of aryl methyl sites for hydroxylation is 1. The van der Waals surface area contributed by atoms with Crippen molar-refractivity contribution in [1.82, 2.24) is 9.88 Å². The van der Waals surface area contributed by atoms with Gasteiger partial charge in [0.15, 0.2) is 0 Å². The van der Waals surface area contributed by atoms with Crippen LogP contribution in [0.25, 0.3) is 0 Å². The predicted octanol–water partition coefficient (Wildman–Crippen LogP) is 3.18. The zero-order chi connectivity index (χ0) is 12.1. The van der Waals surface area contributed by atoms with Crippen molar-refractivity contribution in [3.63, 3.8) is 0 Å². The van der Waals surface area contributed by atoms with Crippen LogP contribution in [0.2, 0.25) is 0 Å². The SMILES string of the molecule is C=CCC(C)NCc1cc(C)n(CC)c1C. The molecule has 0 bridgehead atoms. The Bertz CT molecular complexity index is 350. The first-order valence-electron chi connectivity index (χ1n) is 6.10. The standard InChI is InChI=1S/C14H24N2/c1-6-8-11(3)15-10-14-9-12(4)16(7-2)13(14)5/h6,9,11,15H,1,7-8,10H2,2-5H3. The summed E-state index contributed by atoms with van der Waals surface area (Å²) in [6.07, 6.45) is 2.99. The van der Waals surface area contributed by atoms with Crippen LogP contribution in [0.5, 0.6) is 0 Å². The molecule has 2 nitrogen and oxygen atoms in total. The van der Waals surface area contributed by atoms with Gasteiger partial charge in [-0.2, -0.15) is 0 Å². The zero-order valence-corrected chi connectivity index (χ0v) is 11.0. The summed E-state index contributed by atoms with van der Waals surface area (Å²) in [5.74, 6) is 0. The number of hydrogen-bond acceptors (Lipinski definition) is 1. The Morgan fingerprint density at radius 2 is 2.19 bits per heavy atom. The van der Waals surface area contributed by atoms with Crippen molar-refractivity contribution in [3.8, 4) is 0 Å². The fraction of sp³-hybridized carbons (Fsp3) is 0.571. The molecular weight excluding hydrogens is 196 g/mol. The average molecular weight is 220 g/mol. The Labute approximate surface area is 99.4 Å². The molecular formula is C14H24N2. The normalized spacial score (nSPS) is 12.8. The van der Waals surface area contributed by atoms with Crippen molar-refractivity contribution < 1.29 is 0 Å². The van der Waals surface area contributed by atoms with Gasteiger partial charge in [-0.1, -0.05) is 6.08 Å². The molecule has 2 heteroatoms. The third-order valence-electron chi connectivity index (χ3n) is 3.16. The molecule has 0 aliphatic rings. The first-order valence-corrected chi connectivity index (χ1v) is 6.10. The summed E-state index contributed by atoms with van der Waals surface area (Å²) >= 11 is 0. The van der Waals surface area contributed by atoms with Gasteiger partial charge in [-0.05, 0) is 45.7 Å². The van der Waals surface area contributed by atoms with Crippen molar-refractivity contribution in [3.05, 3.63) is 35.7 Å². The van der Waals surface area contributed by atoms with E-state index in [2.05, 4.69) is 50.2 Å². The third kappa shape index (κ3) is 2.99. The van der Waals surface area contributed by atoms with Crippen LogP contribution in [0, 0.1) is 13.8 Å². The Morgan fingerprint density at radius 3 is 2.69 bits per heavy atom. The van der Waals surface area contributed by atoms with Crippen LogP contribution in [0.3, 0.4) is 0 Å². The van der Waals surface area contributed by atoms with Gasteiger partial charge in [-0.25, -0.2) is 0 Å². The maximum Gasteiger partial charge on any atom is 0.0225 e. The van der Waals surface area contributed by atoms with Crippen LogP contribution in [0.15, 0.2) is 18.7 Å². The van der Waals surface area contributed by atoms with E-state index in [1.807, 2.05) is 6.08 Å². The Morgan fingerprint density at radius 1 is 1.50 bits per heavy atom. The third-order valence-corrected chi connectivity index (χ3v) is 3.16. The molecule has 0 aliphatic heterocycles. The zero-order valence-electron chi connectivity index (χ0n) is 11.0. The van der Waals surface area contributed by atoms with Gasteiger partial charge >= 0.3 is 0 Å². The minimum atomic E-state index is 0.502. The molecule has 0 amide bonds. The fourth-order valence-corrected chi connectivity index (χ4v) is 2.16. The van der Waals surface area contributed by atoms with Crippen molar-refractivity contribution in [1.29, 1.82) is 0 Å².